The Kier molecular flexibility index (Phi) is 1.78. The summed E-state index contributed by atoms with van der Waals surface area (Å²) in [4.78, 5) is 0. The van der Waals surface area contributed by atoms with Crippen LogP contribution in [0.3, 0.4) is 0 Å². The first-order chi connectivity index (χ1) is 9.76. The van der Waals surface area contributed by atoms with Gasteiger partial charge in [0.2, 0.25) is 0 Å². The van der Waals surface area contributed by atoms with Crippen molar-refractivity contribution in [3.63, 3.8) is 0 Å². The van der Waals surface area contributed by atoms with E-state index in [-0.39, 0.29) is 5.60 Å². The van der Waals surface area contributed by atoms with Gasteiger partial charge in [0.05, 0.1) is 11.7 Å². The van der Waals surface area contributed by atoms with Gasteiger partial charge in [0.15, 0.2) is 0 Å². The summed E-state index contributed by atoms with van der Waals surface area (Å²) >= 11 is 0. The van der Waals surface area contributed by atoms with Gasteiger partial charge in [-0.1, -0.05) is 18.9 Å². The van der Waals surface area contributed by atoms with Gasteiger partial charge >= 0.3 is 8.80 Å². The van der Waals surface area contributed by atoms with Crippen molar-refractivity contribution < 1.29 is 13.3 Å². The van der Waals surface area contributed by atoms with Crippen molar-refractivity contribution in [2.45, 2.75) is 50.4 Å². The highest BCUT2D eigenvalue weighted by Crippen LogP contribution is 2.85. The van der Waals surface area contributed by atoms with Gasteiger partial charge in [0.25, 0.3) is 0 Å². The first-order valence-electron chi connectivity index (χ1n) is 8.43. The molecule has 8 atom stereocenters. The average molecular weight is 290 g/mol. The molecule has 0 bridgehead atoms. The second kappa shape index (κ2) is 3.12. The second-order valence-corrected chi connectivity index (χ2v) is 10.5. The molecule has 6 aliphatic rings. The first kappa shape index (κ1) is 11.4. The standard InChI is InChI=1S/C16H22O3Si/c1-3-6-20(17-2)18-11-5-4-8-13(11)16(19-20)14(8)12-9-7-10(9)15(12)16/h8-11,13,15H,3-7H2,1-2H3/t8?,9-,10?,11?,13?,15?,16+,20?/m0/s1. The summed E-state index contributed by atoms with van der Waals surface area (Å²) in [5.41, 5.74) is 3.71. The molecule has 0 radical (unpaired) electrons. The molecule has 1 saturated heterocycles. The SMILES string of the molecule is CCC[Si]1(OC)OC2CCC3C4=C5C(C6C[C@H]56)[C@@]4(O1)C23. The maximum absolute atomic E-state index is 6.80. The quantitative estimate of drug-likeness (QED) is 0.591. The summed E-state index contributed by atoms with van der Waals surface area (Å²) in [6, 6.07) is 0.989. The highest BCUT2D eigenvalue weighted by molar-refractivity contribution is 6.61. The topological polar surface area (TPSA) is 27.7 Å². The molecule has 1 heterocycles. The monoisotopic (exact) mass is 290 g/mol. The summed E-state index contributed by atoms with van der Waals surface area (Å²) < 4.78 is 19.2. The maximum atomic E-state index is 6.80. The zero-order valence-electron chi connectivity index (χ0n) is 12.2. The predicted molar refractivity (Wildman–Crippen MR) is 74.9 cm³/mol. The maximum Gasteiger partial charge on any atom is 0.501 e. The summed E-state index contributed by atoms with van der Waals surface area (Å²) in [5, 5.41) is 0. The predicted octanol–water partition coefficient (Wildman–Crippen LogP) is 2.75. The van der Waals surface area contributed by atoms with Crippen LogP contribution < -0.4 is 0 Å². The molecule has 0 aromatic heterocycles. The Morgan fingerprint density at radius 1 is 1.35 bits per heavy atom. The molecular formula is C16H22O3Si. The van der Waals surface area contributed by atoms with Crippen molar-refractivity contribution in [2.24, 2.45) is 29.6 Å². The zero-order valence-corrected chi connectivity index (χ0v) is 13.2. The lowest BCUT2D eigenvalue weighted by atomic mass is 9.38. The van der Waals surface area contributed by atoms with E-state index in [9.17, 15) is 0 Å². The third-order valence-electron chi connectivity index (χ3n) is 7.18. The summed E-state index contributed by atoms with van der Waals surface area (Å²) in [7, 11) is -0.600. The molecule has 6 rings (SSSR count). The first-order valence-corrected chi connectivity index (χ1v) is 10.4. The number of hydrogen-bond donors (Lipinski definition) is 0. The lowest BCUT2D eigenvalue weighted by molar-refractivity contribution is -0.220. The van der Waals surface area contributed by atoms with Crippen LogP contribution in [0.2, 0.25) is 6.04 Å². The lowest BCUT2D eigenvalue weighted by Crippen LogP contribution is -2.79. The fourth-order valence-corrected chi connectivity index (χ4v) is 9.49. The average Bonchev–Trinajstić information content (AvgIpc) is 2.96. The number of fused-ring (bicyclic) bond motifs is 5. The van der Waals surface area contributed by atoms with Crippen LogP contribution in [0.25, 0.3) is 0 Å². The van der Waals surface area contributed by atoms with Gasteiger partial charge in [-0.2, -0.15) is 0 Å². The van der Waals surface area contributed by atoms with Crippen LogP contribution in [0.15, 0.2) is 11.1 Å². The summed E-state index contributed by atoms with van der Waals surface area (Å²) in [6.07, 6.45) is 5.56. The van der Waals surface area contributed by atoms with Crippen LogP contribution in [0.1, 0.15) is 32.6 Å². The number of rotatable bonds is 3. The zero-order chi connectivity index (χ0) is 13.3. The second-order valence-electron chi connectivity index (χ2n) is 7.75. The molecule has 4 saturated carbocycles. The van der Waals surface area contributed by atoms with E-state index in [4.69, 9.17) is 13.3 Å². The molecule has 20 heavy (non-hydrogen) atoms. The minimum atomic E-state index is -2.41. The van der Waals surface area contributed by atoms with Crippen molar-refractivity contribution >= 4 is 8.80 Å². The van der Waals surface area contributed by atoms with E-state index >= 15 is 0 Å². The molecule has 0 amide bonds. The Bertz CT molecular complexity index is 560. The van der Waals surface area contributed by atoms with Crippen molar-refractivity contribution in [1.29, 1.82) is 0 Å². The van der Waals surface area contributed by atoms with E-state index in [0.717, 1.165) is 36.1 Å². The highest BCUT2D eigenvalue weighted by Gasteiger charge is 2.86. The molecule has 108 valence electrons. The van der Waals surface area contributed by atoms with Crippen LogP contribution in [-0.2, 0) is 13.3 Å². The van der Waals surface area contributed by atoms with Gasteiger partial charge in [0.1, 0.15) is 0 Å². The molecule has 1 spiro atoms. The third-order valence-corrected chi connectivity index (χ3v) is 10.2. The van der Waals surface area contributed by atoms with E-state index in [1.165, 1.54) is 19.3 Å². The van der Waals surface area contributed by atoms with Crippen molar-refractivity contribution in [3.8, 4) is 0 Å². The van der Waals surface area contributed by atoms with Gasteiger partial charge in [-0.15, -0.1) is 0 Å². The van der Waals surface area contributed by atoms with E-state index < -0.39 is 8.80 Å². The molecule has 0 aromatic rings. The van der Waals surface area contributed by atoms with E-state index in [1.807, 2.05) is 12.7 Å². The Labute approximate surface area is 121 Å². The normalized spacial score (nSPS) is 63.3. The molecule has 3 nitrogen and oxygen atoms in total. The Morgan fingerprint density at radius 2 is 2.25 bits per heavy atom. The largest absolute Gasteiger partial charge is 0.501 e. The van der Waals surface area contributed by atoms with Crippen LogP contribution in [0, 0.1) is 29.6 Å². The van der Waals surface area contributed by atoms with E-state index in [2.05, 4.69) is 6.92 Å². The molecule has 6 unspecified atom stereocenters. The molecule has 4 heteroatoms. The molecule has 5 fully saturated rings. The Hall–Kier alpha value is -0.163. The minimum Gasteiger partial charge on any atom is -0.377 e. The van der Waals surface area contributed by atoms with E-state index in [1.54, 1.807) is 5.57 Å². The van der Waals surface area contributed by atoms with Crippen molar-refractivity contribution in [3.05, 3.63) is 11.1 Å². The smallest absolute Gasteiger partial charge is 0.377 e. The number of hydrogen-bond acceptors (Lipinski definition) is 3. The third kappa shape index (κ3) is 0.903. The minimum absolute atomic E-state index is 0.120. The fourth-order valence-electron chi connectivity index (χ4n) is 6.61. The van der Waals surface area contributed by atoms with Crippen molar-refractivity contribution in [2.75, 3.05) is 7.11 Å². The van der Waals surface area contributed by atoms with Crippen LogP contribution in [0.5, 0.6) is 0 Å². The Morgan fingerprint density at radius 3 is 3.05 bits per heavy atom. The molecule has 5 aliphatic carbocycles. The van der Waals surface area contributed by atoms with Crippen molar-refractivity contribution in [1.82, 2.24) is 0 Å². The van der Waals surface area contributed by atoms with Crippen LogP contribution in [0.4, 0.5) is 0 Å². The summed E-state index contributed by atoms with van der Waals surface area (Å²) in [5.74, 6) is 4.24. The van der Waals surface area contributed by atoms with Gasteiger partial charge < -0.3 is 13.3 Å². The molecule has 1 aliphatic heterocycles. The van der Waals surface area contributed by atoms with Gasteiger partial charge in [0, 0.05) is 25.0 Å². The Balaban J connectivity index is 1.47. The van der Waals surface area contributed by atoms with Crippen LogP contribution in [-0.4, -0.2) is 27.6 Å². The van der Waals surface area contributed by atoms with E-state index in [0.29, 0.717) is 12.0 Å². The van der Waals surface area contributed by atoms with Gasteiger partial charge in [-0.25, -0.2) is 0 Å². The molecular weight excluding hydrogens is 268 g/mol. The molecule has 0 aromatic carbocycles. The molecule has 0 N–H and O–H groups in total. The van der Waals surface area contributed by atoms with Crippen LogP contribution >= 0.6 is 0 Å². The fraction of sp³-hybridized carbons (Fsp3) is 0.875. The lowest BCUT2D eigenvalue weighted by Gasteiger charge is -2.74. The summed E-state index contributed by atoms with van der Waals surface area (Å²) in [6.45, 7) is 2.21. The highest BCUT2D eigenvalue weighted by atomic mass is 28.4. The van der Waals surface area contributed by atoms with Gasteiger partial charge in [-0.3, -0.25) is 0 Å². The van der Waals surface area contributed by atoms with Gasteiger partial charge in [-0.05, 0) is 42.6 Å².